The predicted molar refractivity (Wildman–Crippen MR) is 76.3 cm³/mol. The number of rotatable bonds is 8. The summed E-state index contributed by atoms with van der Waals surface area (Å²) in [5, 5.41) is 9.80. The first-order chi connectivity index (χ1) is 10.2. The molecule has 5 nitrogen and oxygen atoms in total. The maximum Gasteiger partial charge on any atom is 0.163 e. The number of hydrogen-bond donors (Lipinski definition) is 1. The maximum atomic E-state index is 11.4. The summed E-state index contributed by atoms with van der Waals surface area (Å²) < 4.78 is 15.9. The minimum Gasteiger partial charge on any atom is -0.490 e. The molecule has 1 aromatic heterocycles. The van der Waals surface area contributed by atoms with Crippen molar-refractivity contribution in [1.82, 2.24) is 0 Å². The molecule has 1 atom stereocenters. The molecule has 0 fully saturated rings. The second kappa shape index (κ2) is 7.61. The molecular weight excluding hydrogens is 272 g/mol. The van der Waals surface area contributed by atoms with Crippen molar-refractivity contribution in [3.63, 3.8) is 0 Å². The minimum atomic E-state index is -0.778. The van der Waals surface area contributed by atoms with Gasteiger partial charge in [0.15, 0.2) is 5.78 Å². The monoisotopic (exact) mass is 290 g/mol. The van der Waals surface area contributed by atoms with Crippen LogP contribution in [0.5, 0.6) is 5.75 Å². The number of aliphatic hydroxyl groups excluding tert-OH is 1. The number of ether oxygens (including phenoxy) is 2. The highest BCUT2D eigenvalue weighted by Gasteiger charge is 2.11. The topological polar surface area (TPSA) is 68.9 Å². The zero-order valence-corrected chi connectivity index (χ0v) is 11.8. The highest BCUT2D eigenvalue weighted by molar-refractivity contribution is 5.96. The molecule has 0 radical (unpaired) electrons. The molecule has 1 unspecified atom stereocenters. The quantitative estimate of drug-likeness (QED) is 0.756. The minimum absolute atomic E-state index is 0.0580. The van der Waals surface area contributed by atoms with E-state index >= 15 is 0 Å². The lowest BCUT2D eigenvalue weighted by molar-refractivity contribution is 0.000757. The Labute approximate surface area is 123 Å². The summed E-state index contributed by atoms with van der Waals surface area (Å²) >= 11 is 0. The third-order valence-corrected chi connectivity index (χ3v) is 2.83. The van der Waals surface area contributed by atoms with E-state index in [1.54, 1.807) is 42.7 Å². The number of benzene rings is 1. The Balaban J connectivity index is 1.76. The van der Waals surface area contributed by atoms with Gasteiger partial charge in [-0.25, -0.2) is 0 Å². The SMILES string of the molecule is CC(=O)c1ccccc1OCC(O)COCc1ccco1. The smallest absolute Gasteiger partial charge is 0.163 e. The van der Waals surface area contributed by atoms with Crippen LogP contribution in [0.1, 0.15) is 23.0 Å². The van der Waals surface area contributed by atoms with Gasteiger partial charge in [0.25, 0.3) is 0 Å². The Bertz CT molecular complexity index is 562. The van der Waals surface area contributed by atoms with E-state index < -0.39 is 6.10 Å². The Hall–Kier alpha value is -2.11. The summed E-state index contributed by atoms with van der Waals surface area (Å²) in [4.78, 5) is 11.4. The lowest BCUT2D eigenvalue weighted by Gasteiger charge is -2.14. The van der Waals surface area contributed by atoms with E-state index in [2.05, 4.69) is 0 Å². The molecular formula is C16H18O5. The maximum absolute atomic E-state index is 11.4. The molecule has 1 N–H and O–H groups in total. The normalized spacial score (nSPS) is 12.1. The average molecular weight is 290 g/mol. The van der Waals surface area contributed by atoms with E-state index in [1.807, 2.05) is 0 Å². The van der Waals surface area contributed by atoms with Gasteiger partial charge in [-0.05, 0) is 31.2 Å². The fraction of sp³-hybridized carbons (Fsp3) is 0.312. The predicted octanol–water partition coefficient (Wildman–Crippen LogP) is 2.44. The molecule has 0 bridgehead atoms. The van der Waals surface area contributed by atoms with Crippen LogP contribution in [0.4, 0.5) is 0 Å². The molecule has 112 valence electrons. The molecule has 21 heavy (non-hydrogen) atoms. The number of carbonyl (C=O) groups excluding carboxylic acids is 1. The summed E-state index contributed by atoms with van der Waals surface area (Å²) in [6.07, 6.45) is 0.789. The molecule has 1 heterocycles. The van der Waals surface area contributed by atoms with E-state index in [1.165, 1.54) is 6.92 Å². The lowest BCUT2D eigenvalue weighted by Crippen LogP contribution is -2.23. The van der Waals surface area contributed by atoms with Crippen molar-refractivity contribution in [3.05, 3.63) is 54.0 Å². The Morgan fingerprint density at radius 2 is 2.05 bits per heavy atom. The number of hydrogen-bond acceptors (Lipinski definition) is 5. The molecule has 0 aliphatic heterocycles. The number of Topliss-reactive ketones (excluding diaryl/α,β-unsaturated/α-hetero) is 1. The number of carbonyl (C=O) groups is 1. The summed E-state index contributed by atoms with van der Waals surface area (Å²) in [5.41, 5.74) is 0.501. The molecule has 0 saturated heterocycles. The van der Waals surface area contributed by atoms with Gasteiger partial charge < -0.3 is 19.0 Å². The van der Waals surface area contributed by atoms with Gasteiger partial charge in [-0.2, -0.15) is 0 Å². The van der Waals surface area contributed by atoms with E-state index in [4.69, 9.17) is 13.9 Å². The first kappa shape index (κ1) is 15.3. The van der Waals surface area contributed by atoms with Crippen LogP contribution < -0.4 is 4.74 Å². The van der Waals surface area contributed by atoms with Gasteiger partial charge in [-0.3, -0.25) is 4.79 Å². The van der Waals surface area contributed by atoms with Crippen molar-refractivity contribution < 1.29 is 23.8 Å². The van der Waals surface area contributed by atoms with Crippen molar-refractivity contribution in [3.8, 4) is 5.75 Å². The average Bonchev–Trinajstić information content (AvgIpc) is 2.98. The van der Waals surface area contributed by atoms with Crippen LogP contribution in [0.2, 0.25) is 0 Å². The molecule has 2 rings (SSSR count). The molecule has 0 saturated carbocycles. The number of aliphatic hydroxyl groups is 1. The molecule has 2 aromatic rings. The largest absolute Gasteiger partial charge is 0.490 e. The first-order valence-electron chi connectivity index (χ1n) is 6.68. The second-order valence-corrected chi connectivity index (χ2v) is 4.61. The molecule has 0 amide bonds. The molecule has 0 aliphatic carbocycles. The van der Waals surface area contributed by atoms with Crippen LogP contribution >= 0.6 is 0 Å². The van der Waals surface area contributed by atoms with Crippen molar-refractivity contribution in [2.75, 3.05) is 13.2 Å². The standard InChI is InChI=1S/C16H18O5/c1-12(17)15-6-2-3-7-16(15)21-10-13(18)9-19-11-14-5-4-8-20-14/h2-8,13,18H,9-11H2,1H3. The molecule has 5 heteroatoms. The van der Waals surface area contributed by atoms with Crippen LogP contribution in [0.3, 0.4) is 0 Å². The van der Waals surface area contributed by atoms with Crippen LogP contribution in [0, 0.1) is 0 Å². The fourth-order valence-corrected chi connectivity index (χ4v) is 1.81. The van der Waals surface area contributed by atoms with Gasteiger partial charge in [0.1, 0.15) is 30.8 Å². The second-order valence-electron chi connectivity index (χ2n) is 4.61. The highest BCUT2D eigenvalue weighted by atomic mass is 16.5. The van der Waals surface area contributed by atoms with Crippen molar-refractivity contribution in [2.24, 2.45) is 0 Å². The zero-order valence-electron chi connectivity index (χ0n) is 11.8. The van der Waals surface area contributed by atoms with Crippen LogP contribution in [0.15, 0.2) is 47.1 Å². The van der Waals surface area contributed by atoms with Crippen molar-refractivity contribution in [2.45, 2.75) is 19.6 Å². The number of para-hydroxylation sites is 1. The zero-order chi connectivity index (χ0) is 15.1. The number of furan rings is 1. The highest BCUT2D eigenvalue weighted by Crippen LogP contribution is 2.18. The van der Waals surface area contributed by atoms with Crippen LogP contribution in [-0.4, -0.2) is 30.2 Å². The van der Waals surface area contributed by atoms with E-state index in [-0.39, 0.29) is 19.0 Å². The van der Waals surface area contributed by atoms with E-state index in [0.29, 0.717) is 23.7 Å². The summed E-state index contributed by atoms with van der Waals surface area (Å²) in [6.45, 7) is 1.96. The first-order valence-corrected chi connectivity index (χ1v) is 6.68. The summed E-state index contributed by atoms with van der Waals surface area (Å²) in [5.74, 6) is 1.09. The van der Waals surface area contributed by atoms with E-state index in [0.717, 1.165) is 0 Å². The van der Waals surface area contributed by atoms with Crippen molar-refractivity contribution >= 4 is 5.78 Å². The van der Waals surface area contributed by atoms with Crippen molar-refractivity contribution in [1.29, 1.82) is 0 Å². The Kier molecular flexibility index (Phi) is 5.54. The summed E-state index contributed by atoms with van der Waals surface area (Å²) in [6, 6.07) is 10.5. The Morgan fingerprint density at radius 3 is 2.76 bits per heavy atom. The molecule has 0 aliphatic rings. The summed E-state index contributed by atoms with van der Waals surface area (Å²) in [7, 11) is 0. The molecule has 0 spiro atoms. The third kappa shape index (κ3) is 4.73. The lowest BCUT2D eigenvalue weighted by atomic mass is 10.1. The van der Waals surface area contributed by atoms with E-state index in [9.17, 15) is 9.90 Å². The van der Waals surface area contributed by atoms with Crippen LogP contribution in [-0.2, 0) is 11.3 Å². The fourth-order valence-electron chi connectivity index (χ4n) is 1.81. The van der Waals surface area contributed by atoms with Gasteiger partial charge in [-0.1, -0.05) is 12.1 Å². The van der Waals surface area contributed by atoms with Gasteiger partial charge in [0.2, 0.25) is 0 Å². The number of ketones is 1. The van der Waals surface area contributed by atoms with Gasteiger partial charge >= 0.3 is 0 Å². The molecule has 1 aromatic carbocycles. The van der Waals surface area contributed by atoms with Gasteiger partial charge in [-0.15, -0.1) is 0 Å². The third-order valence-electron chi connectivity index (χ3n) is 2.83. The van der Waals surface area contributed by atoms with Crippen LogP contribution in [0.25, 0.3) is 0 Å². The van der Waals surface area contributed by atoms with Gasteiger partial charge in [0.05, 0.1) is 18.4 Å². The van der Waals surface area contributed by atoms with Gasteiger partial charge in [0, 0.05) is 0 Å². The Morgan fingerprint density at radius 1 is 1.24 bits per heavy atom.